The monoisotopic (exact) mass is 198 g/mol. The highest BCUT2D eigenvalue weighted by atomic mass is 19.1. The van der Waals surface area contributed by atoms with Gasteiger partial charge in [-0.3, -0.25) is 0 Å². The van der Waals surface area contributed by atoms with Crippen LogP contribution >= 0.6 is 0 Å². The molecule has 0 saturated heterocycles. The van der Waals surface area contributed by atoms with Gasteiger partial charge in [-0.05, 0) is 24.6 Å². The van der Waals surface area contributed by atoms with Gasteiger partial charge in [0.05, 0.1) is 13.2 Å². The van der Waals surface area contributed by atoms with Gasteiger partial charge in [0, 0.05) is 5.56 Å². The smallest absolute Gasteiger partial charge is 0.124 e. The average Bonchev–Trinajstić information content (AvgIpc) is 2.18. The molecule has 3 heteroatoms. The molecule has 0 radical (unpaired) electrons. The van der Waals surface area contributed by atoms with Crippen molar-refractivity contribution in [2.24, 2.45) is 0 Å². The third-order valence-corrected chi connectivity index (χ3v) is 2.11. The lowest BCUT2D eigenvalue weighted by atomic mass is 10.0. The van der Waals surface area contributed by atoms with Crippen LogP contribution in [0.15, 0.2) is 18.2 Å². The Hall–Kier alpha value is -1.09. The molecule has 0 heterocycles. The predicted molar refractivity (Wildman–Crippen MR) is 52.8 cm³/mol. The van der Waals surface area contributed by atoms with Gasteiger partial charge in [-0.2, -0.15) is 0 Å². The lowest BCUT2D eigenvalue weighted by molar-refractivity contribution is 0.162. The van der Waals surface area contributed by atoms with Crippen LogP contribution in [0, 0.1) is 5.82 Å². The van der Waals surface area contributed by atoms with E-state index in [0.717, 1.165) is 6.42 Å². The molecule has 0 aliphatic carbocycles. The Balaban J connectivity index is 2.97. The molecule has 14 heavy (non-hydrogen) atoms. The van der Waals surface area contributed by atoms with Crippen molar-refractivity contribution in [1.82, 2.24) is 0 Å². The quantitative estimate of drug-likeness (QED) is 0.806. The van der Waals surface area contributed by atoms with Crippen LogP contribution in [0.5, 0.6) is 5.75 Å². The highest BCUT2D eigenvalue weighted by molar-refractivity contribution is 5.35. The summed E-state index contributed by atoms with van der Waals surface area (Å²) in [6.45, 7) is 1.97. The number of aliphatic hydroxyl groups is 1. The van der Waals surface area contributed by atoms with Crippen LogP contribution in [-0.4, -0.2) is 12.2 Å². The minimum atomic E-state index is -0.648. The number of benzene rings is 1. The van der Waals surface area contributed by atoms with Crippen molar-refractivity contribution in [3.8, 4) is 5.75 Å². The normalized spacial score (nSPS) is 12.6. The van der Waals surface area contributed by atoms with E-state index in [9.17, 15) is 9.50 Å². The highest BCUT2D eigenvalue weighted by Gasteiger charge is 2.12. The van der Waals surface area contributed by atoms with E-state index in [1.807, 2.05) is 6.92 Å². The predicted octanol–water partition coefficient (Wildman–Crippen LogP) is 2.67. The largest absolute Gasteiger partial charge is 0.496 e. The van der Waals surface area contributed by atoms with E-state index in [0.29, 0.717) is 17.7 Å². The molecule has 0 unspecified atom stereocenters. The third kappa shape index (κ3) is 2.45. The molecule has 0 saturated carbocycles. The second-order valence-corrected chi connectivity index (χ2v) is 3.19. The fraction of sp³-hybridized carbons (Fsp3) is 0.455. The third-order valence-electron chi connectivity index (χ3n) is 2.11. The van der Waals surface area contributed by atoms with E-state index in [1.54, 1.807) is 0 Å². The molecule has 1 aromatic carbocycles. The van der Waals surface area contributed by atoms with Crippen molar-refractivity contribution >= 4 is 0 Å². The zero-order chi connectivity index (χ0) is 10.6. The first-order valence-electron chi connectivity index (χ1n) is 4.70. The fourth-order valence-electron chi connectivity index (χ4n) is 1.39. The Labute approximate surface area is 83.3 Å². The molecule has 1 N–H and O–H groups in total. The van der Waals surface area contributed by atoms with Crippen LogP contribution in [0.3, 0.4) is 0 Å². The lowest BCUT2D eigenvalue weighted by Gasteiger charge is -2.13. The van der Waals surface area contributed by atoms with Crippen LogP contribution in [0.4, 0.5) is 4.39 Å². The Kier molecular flexibility index (Phi) is 3.89. The molecule has 2 nitrogen and oxygen atoms in total. The number of hydrogen-bond acceptors (Lipinski definition) is 2. The van der Waals surface area contributed by atoms with Gasteiger partial charge >= 0.3 is 0 Å². The van der Waals surface area contributed by atoms with Crippen molar-refractivity contribution in [2.75, 3.05) is 7.11 Å². The Morgan fingerprint density at radius 2 is 2.21 bits per heavy atom. The molecular weight excluding hydrogens is 183 g/mol. The van der Waals surface area contributed by atoms with Crippen molar-refractivity contribution < 1.29 is 14.2 Å². The van der Waals surface area contributed by atoms with Gasteiger partial charge in [-0.15, -0.1) is 0 Å². The zero-order valence-corrected chi connectivity index (χ0v) is 8.46. The summed E-state index contributed by atoms with van der Waals surface area (Å²) in [7, 11) is 1.51. The molecule has 1 aromatic rings. The van der Waals surface area contributed by atoms with Crippen LogP contribution in [-0.2, 0) is 0 Å². The molecule has 0 spiro atoms. The number of halogens is 1. The maximum Gasteiger partial charge on any atom is 0.124 e. The first-order chi connectivity index (χ1) is 6.69. The number of methoxy groups -OCH3 is 1. The Morgan fingerprint density at radius 3 is 2.79 bits per heavy atom. The summed E-state index contributed by atoms with van der Waals surface area (Å²) in [6, 6.07) is 4.17. The number of aliphatic hydroxyl groups excluding tert-OH is 1. The molecule has 1 rings (SSSR count). The molecule has 0 aromatic heterocycles. The summed E-state index contributed by atoms with van der Waals surface area (Å²) in [5.41, 5.74) is 0.523. The fourth-order valence-corrected chi connectivity index (χ4v) is 1.39. The number of rotatable bonds is 4. The summed E-state index contributed by atoms with van der Waals surface area (Å²) in [4.78, 5) is 0. The first kappa shape index (κ1) is 11.0. The molecule has 0 fully saturated rings. The van der Waals surface area contributed by atoms with Crippen molar-refractivity contribution in [2.45, 2.75) is 25.9 Å². The van der Waals surface area contributed by atoms with Crippen LogP contribution in [0.1, 0.15) is 31.4 Å². The Morgan fingerprint density at radius 1 is 1.50 bits per heavy atom. The van der Waals surface area contributed by atoms with Gasteiger partial charge in [-0.1, -0.05) is 13.3 Å². The average molecular weight is 198 g/mol. The number of ether oxygens (including phenoxy) is 1. The molecule has 1 atom stereocenters. The highest BCUT2D eigenvalue weighted by Crippen LogP contribution is 2.28. The van der Waals surface area contributed by atoms with E-state index in [2.05, 4.69) is 0 Å². The summed E-state index contributed by atoms with van der Waals surface area (Å²) in [6.07, 6.45) is 0.811. The van der Waals surface area contributed by atoms with E-state index >= 15 is 0 Å². The summed E-state index contributed by atoms with van der Waals surface area (Å²) in [5.74, 6) is 0.184. The summed E-state index contributed by atoms with van der Waals surface area (Å²) >= 11 is 0. The summed E-state index contributed by atoms with van der Waals surface area (Å²) in [5, 5.41) is 9.71. The maximum atomic E-state index is 12.9. The van der Waals surface area contributed by atoms with Crippen molar-refractivity contribution in [1.29, 1.82) is 0 Å². The zero-order valence-electron chi connectivity index (χ0n) is 8.46. The first-order valence-corrected chi connectivity index (χ1v) is 4.70. The molecule has 78 valence electrons. The van der Waals surface area contributed by atoms with Gasteiger partial charge in [0.2, 0.25) is 0 Å². The molecule has 0 aliphatic rings. The van der Waals surface area contributed by atoms with Gasteiger partial charge in [0.25, 0.3) is 0 Å². The minimum Gasteiger partial charge on any atom is -0.496 e. The van der Waals surface area contributed by atoms with E-state index in [-0.39, 0.29) is 5.82 Å². The summed E-state index contributed by atoms with van der Waals surface area (Å²) < 4.78 is 18.0. The van der Waals surface area contributed by atoms with Crippen LogP contribution in [0.25, 0.3) is 0 Å². The van der Waals surface area contributed by atoms with Gasteiger partial charge in [-0.25, -0.2) is 4.39 Å². The van der Waals surface area contributed by atoms with Gasteiger partial charge in [0.1, 0.15) is 11.6 Å². The molecule has 0 amide bonds. The molecular formula is C11H15FO2. The molecule has 0 aliphatic heterocycles. The van der Waals surface area contributed by atoms with Crippen LogP contribution in [0.2, 0.25) is 0 Å². The lowest BCUT2D eigenvalue weighted by Crippen LogP contribution is -2.00. The van der Waals surface area contributed by atoms with Crippen molar-refractivity contribution in [3.63, 3.8) is 0 Å². The SMILES string of the molecule is CCC[C@H](O)c1cc(F)ccc1OC. The second kappa shape index (κ2) is 4.96. The molecule has 0 bridgehead atoms. The van der Waals surface area contributed by atoms with Crippen molar-refractivity contribution in [3.05, 3.63) is 29.6 Å². The van der Waals surface area contributed by atoms with E-state index < -0.39 is 6.10 Å². The maximum absolute atomic E-state index is 12.9. The van der Waals surface area contributed by atoms with E-state index in [4.69, 9.17) is 4.74 Å². The van der Waals surface area contributed by atoms with Gasteiger partial charge < -0.3 is 9.84 Å². The van der Waals surface area contributed by atoms with Crippen LogP contribution < -0.4 is 4.74 Å². The van der Waals surface area contributed by atoms with Gasteiger partial charge in [0.15, 0.2) is 0 Å². The number of hydrogen-bond donors (Lipinski definition) is 1. The standard InChI is InChI=1S/C11H15FO2/c1-3-4-10(13)9-7-8(12)5-6-11(9)14-2/h5-7,10,13H,3-4H2,1-2H3/t10-/m0/s1. The Bertz CT molecular complexity index is 299. The second-order valence-electron chi connectivity index (χ2n) is 3.19. The topological polar surface area (TPSA) is 29.5 Å². The van der Waals surface area contributed by atoms with E-state index in [1.165, 1.54) is 25.3 Å². The minimum absolute atomic E-state index is 0.351.